The molecule has 0 bridgehead atoms. The fourth-order valence-electron chi connectivity index (χ4n) is 3.24. The zero-order valence-corrected chi connectivity index (χ0v) is 11.7. The smallest absolute Gasteiger partial charge is 0.233 e. The van der Waals surface area contributed by atoms with Crippen LogP contribution in [0.1, 0.15) is 31.2 Å². The summed E-state index contributed by atoms with van der Waals surface area (Å²) in [5.74, 6) is 1.87. The second-order valence-electron chi connectivity index (χ2n) is 5.94. The Balaban J connectivity index is 2.00. The minimum absolute atomic E-state index is 0.285. The maximum absolute atomic E-state index is 12.7. The van der Waals surface area contributed by atoms with Crippen LogP contribution in [0.25, 0.3) is 0 Å². The quantitative estimate of drug-likeness (QED) is 0.832. The number of likely N-dealkylation sites (tertiary alicyclic amines) is 1. The molecule has 0 unspecified atom stereocenters. The van der Waals surface area contributed by atoms with Crippen LogP contribution in [0, 0.1) is 5.92 Å². The lowest BCUT2D eigenvalue weighted by molar-refractivity contribution is -0.131. The predicted octanol–water partition coefficient (Wildman–Crippen LogP) is 2.60. The van der Waals surface area contributed by atoms with Crippen LogP contribution in [0.15, 0.2) is 24.3 Å². The SMILES string of the molecule is COc1cccc([C@]2(CC3CC3)CCN(C)C2=O)c1. The highest BCUT2D eigenvalue weighted by Crippen LogP contribution is 2.47. The molecule has 3 heteroatoms. The number of carbonyl (C=O) groups excluding carboxylic acids is 1. The van der Waals surface area contributed by atoms with Gasteiger partial charge in [-0.2, -0.15) is 0 Å². The second-order valence-corrected chi connectivity index (χ2v) is 5.94. The fraction of sp³-hybridized carbons (Fsp3) is 0.562. The maximum atomic E-state index is 12.7. The molecule has 0 spiro atoms. The number of hydrogen-bond acceptors (Lipinski definition) is 2. The van der Waals surface area contributed by atoms with E-state index in [2.05, 4.69) is 6.07 Å². The van der Waals surface area contributed by atoms with Gasteiger partial charge in [0, 0.05) is 13.6 Å². The van der Waals surface area contributed by atoms with Gasteiger partial charge in [-0.25, -0.2) is 0 Å². The third-order valence-corrected chi connectivity index (χ3v) is 4.59. The normalized spacial score (nSPS) is 26.8. The van der Waals surface area contributed by atoms with Crippen molar-refractivity contribution in [1.29, 1.82) is 0 Å². The minimum atomic E-state index is -0.301. The van der Waals surface area contributed by atoms with Gasteiger partial charge in [0.05, 0.1) is 12.5 Å². The van der Waals surface area contributed by atoms with Crippen molar-refractivity contribution in [3.05, 3.63) is 29.8 Å². The molecule has 1 aliphatic carbocycles. The molecule has 1 aromatic carbocycles. The van der Waals surface area contributed by atoms with Crippen LogP contribution in [-0.4, -0.2) is 31.5 Å². The van der Waals surface area contributed by atoms with Crippen molar-refractivity contribution in [1.82, 2.24) is 4.90 Å². The van der Waals surface area contributed by atoms with Crippen LogP contribution in [0.2, 0.25) is 0 Å². The van der Waals surface area contributed by atoms with E-state index in [1.807, 2.05) is 30.1 Å². The van der Waals surface area contributed by atoms with Crippen LogP contribution in [-0.2, 0) is 10.2 Å². The number of carbonyl (C=O) groups is 1. The molecule has 0 N–H and O–H groups in total. The van der Waals surface area contributed by atoms with Gasteiger partial charge in [0.1, 0.15) is 5.75 Å². The van der Waals surface area contributed by atoms with Gasteiger partial charge in [0.15, 0.2) is 0 Å². The average Bonchev–Trinajstić information content (AvgIpc) is 3.21. The molecule has 1 aliphatic heterocycles. The Labute approximate surface area is 114 Å². The molecule has 1 aromatic rings. The van der Waals surface area contributed by atoms with Crippen molar-refractivity contribution < 1.29 is 9.53 Å². The predicted molar refractivity (Wildman–Crippen MR) is 74.3 cm³/mol. The summed E-state index contributed by atoms with van der Waals surface area (Å²) in [6.45, 7) is 0.864. The Morgan fingerprint density at radius 1 is 1.42 bits per heavy atom. The number of likely N-dealkylation sites (N-methyl/N-ethyl adjacent to an activating group) is 1. The molecule has 3 nitrogen and oxygen atoms in total. The number of hydrogen-bond donors (Lipinski definition) is 0. The highest BCUT2D eigenvalue weighted by Gasteiger charge is 2.49. The van der Waals surface area contributed by atoms with Crippen molar-refractivity contribution in [2.75, 3.05) is 20.7 Å². The molecule has 1 atom stereocenters. The first-order chi connectivity index (χ1) is 9.15. The first-order valence-corrected chi connectivity index (χ1v) is 7.06. The molecular weight excluding hydrogens is 238 g/mol. The van der Waals surface area contributed by atoms with Crippen molar-refractivity contribution >= 4 is 5.91 Å². The molecule has 3 rings (SSSR count). The first-order valence-electron chi connectivity index (χ1n) is 7.06. The average molecular weight is 259 g/mol. The van der Waals surface area contributed by atoms with E-state index < -0.39 is 0 Å². The van der Waals surface area contributed by atoms with Crippen molar-refractivity contribution in [2.45, 2.75) is 31.1 Å². The molecule has 1 amide bonds. The number of nitrogens with zero attached hydrogens (tertiary/aromatic N) is 1. The summed E-state index contributed by atoms with van der Waals surface area (Å²) < 4.78 is 5.32. The highest BCUT2D eigenvalue weighted by molar-refractivity contribution is 5.90. The van der Waals surface area contributed by atoms with Gasteiger partial charge in [0.25, 0.3) is 0 Å². The molecule has 2 aliphatic rings. The topological polar surface area (TPSA) is 29.5 Å². The van der Waals surface area contributed by atoms with E-state index in [9.17, 15) is 4.79 Å². The summed E-state index contributed by atoms with van der Waals surface area (Å²) in [5.41, 5.74) is 0.831. The van der Waals surface area contributed by atoms with E-state index in [0.717, 1.165) is 36.6 Å². The van der Waals surface area contributed by atoms with Crippen LogP contribution < -0.4 is 4.74 Å². The van der Waals surface area contributed by atoms with E-state index in [4.69, 9.17) is 4.74 Å². The van der Waals surface area contributed by atoms with Crippen LogP contribution in [0.4, 0.5) is 0 Å². The van der Waals surface area contributed by atoms with Gasteiger partial charge in [-0.3, -0.25) is 4.79 Å². The third-order valence-electron chi connectivity index (χ3n) is 4.59. The number of amides is 1. The summed E-state index contributed by atoms with van der Waals surface area (Å²) in [7, 11) is 3.59. The van der Waals surface area contributed by atoms with E-state index in [-0.39, 0.29) is 11.3 Å². The number of benzene rings is 1. The molecule has 2 fully saturated rings. The summed E-state index contributed by atoms with van der Waals surface area (Å²) >= 11 is 0. The number of ether oxygens (including phenoxy) is 1. The van der Waals surface area contributed by atoms with Gasteiger partial charge in [-0.05, 0) is 36.5 Å². The minimum Gasteiger partial charge on any atom is -0.497 e. The molecule has 1 saturated heterocycles. The molecular formula is C16H21NO2. The zero-order valence-electron chi connectivity index (χ0n) is 11.7. The Hall–Kier alpha value is -1.51. The Morgan fingerprint density at radius 2 is 2.21 bits per heavy atom. The van der Waals surface area contributed by atoms with E-state index in [1.165, 1.54) is 12.8 Å². The number of methoxy groups -OCH3 is 1. The zero-order chi connectivity index (χ0) is 13.5. The summed E-state index contributed by atoms with van der Waals surface area (Å²) in [4.78, 5) is 14.6. The lowest BCUT2D eigenvalue weighted by Crippen LogP contribution is -2.36. The third kappa shape index (κ3) is 2.11. The monoisotopic (exact) mass is 259 g/mol. The van der Waals surface area contributed by atoms with E-state index >= 15 is 0 Å². The molecule has 1 saturated carbocycles. The van der Waals surface area contributed by atoms with Gasteiger partial charge in [-0.1, -0.05) is 25.0 Å². The van der Waals surface area contributed by atoms with Crippen LogP contribution in [0.3, 0.4) is 0 Å². The first kappa shape index (κ1) is 12.5. The van der Waals surface area contributed by atoms with Crippen molar-refractivity contribution in [2.24, 2.45) is 5.92 Å². The standard InChI is InChI=1S/C16H21NO2/c1-17-9-8-16(15(17)18,11-12-6-7-12)13-4-3-5-14(10-13)19-2/h3-5,10,12H,6-9,11H2,1-2H3/t16-/m1/s1. The van der Waals surface area contributed by atoms with Gasteiger partial charge in [0.2, 0.25) is 5.91 Å². The lowest BCUT2D eigenvalue weighted by atomic mass is 9.74. The highest BCUT2D eigenvalue weighted by atomic mass is 16.5. The summed E-state index contributed by atoms with van der Waals surface area (Å²) in [6.07, 6.45) is 4.50. The lowest BCUT2D eigenvalue weighted by Gasteiger charge is -2.28. The summed E-state index contributed by atoms with van der Waals surface area (Å²) in [6, 6.07) is 8.06. The Kier molecular flexibility index (Phi) is 3.00. The van der Waals surface area contributed by atoms with Gasteiger partial charge < -0.3 is 9.64 Å². The van der Waals surface area contributed by atoms with E-state index in [1.54, 1.807) is 7.11 Å². The molecule has 1 heterocycles. The largest absolute Gasteiger partial charge is 0.497 e. The van der Waals surface area contributed by atoms with Gasteiger partial charge >= 0.3 is 0 Å². The van der Waals surface area contributed by atoms with Crippen molar-refractivity contribution in [3.63, 3.8) is 0 Å². The fourth-order valence-corrected chi connectivity index (χ4v) is 3.24. The van der Waals surface area contributed by atoms with E-state index in [0.29, 0.717) is 0 Å². The number of rotatable bonds is 4. The van der Waals surface area contributed by atoms with Crippen LogP contribution in [0.5, 0.6) is 5.75 Å². The van der Waals surface area contributed by atoms with Crippen LogP contribution >= 0.6 is 0 Å². The van der Waals surface area contributed by atoms with Crippen molar-refractivity contribution in [3.8, 4) is 5.75 Å². The molecule has 0 radical (unpaired) electrons. The second kappa shape index (κ2) is 4.55. The molecule has 102 valence electrons. The Bertz CT molecular complexity index is 495. The summed E-state index contributed by atoms with van der Waals surface area (Å²) in [5, 5.41) is 0. The van der Waals surface area contributed by atoms with Gasteiger partial charge in [-0.15, -0.1) is 0 Å². The Morgan fingerprint density at radius 3 is 2.79 bits per heavy atom. The molecule has 19 heavy (non-hydrogen) atoms. The molecule has 0 aromatic heterocycles. The maximum Gasteiger partial charge on any atom is 0.233 e.